The van der Waals surface area contributed by atoms with Crippen molar-refractivity contribution in [2.45, 2.75) is 51.2 Å². The first-order chi connectivity index (χ1) is 13.2. The molecule has 0 aromatic carbocycles. The third kappa shape index (κ3) is 5.45. The molecule has 0 aliphatic carbocycles. The van der Waals surface area contributed by atoms with Crippen molar-refractivity contribution >= 4 is 34.3 Å². The normalized spacial score (nSPS) is 21.7. The quantitative estimate of drug-likeness (QED) is 0.306. The molecule has 0 unspecified atom stereocenters. The van der Waals surface area contributed by atoms with E-state index in [9.17, 15) is 32.7 Å². The molecule has 2 bridgehead atoms. The van der Waals surface area contributed by atoms with Crippen LogP contribution >= 0.6 is 0 Å². The maximum atomic E-state index is 12.4. The zero-order valence-electron chi connectivity index (χ0n) is 16.0. The standard InChI is InChI=1S/C14H23N5O9S/c1-14(2,3)18(13(23)24)7-10(20)15-16-11(21)9-5-4-8-6-17(9)12(22)19(8)28-29(25,26)27/h8-9H,4-7H2,1-3H3,(H,15,20)(H,16,21)(H,23,24)(H,25,26,27)/t8-,9+/m1/s1. The highest BCUT2D eigenvalue weighted by Gasteiger charge is 2.49. The van der Waals surface area contributed by atoms with E-state index in [2.05, 4.69) is 15.1 Å². The lowest BCUT2D eigenvalue weighted by Gasteiger charge is -2.32. The third-order valence-corrected chi connectivity index (χ3v) is 4.82. The minimum absolute atomic E-state index is 0.00278. The second kappa shape index (κ2) is 8.00. The molecule has 0 aromatic heterocycles. The Morgan fingerprint density at radius 1 is 1.24 bits per heavy atom. The lowest BCUT2D eigenvalue weighted by Crippen LogP contribution is -2.56. The Bertz CT molecular complexity index is 809. The maximum absolute atomic E-state index is 12.4. The van der Waals surface area contributed by atoms with Gasteiger partial charge in [-0.1, -0.05) is 0 Å². The highest BCUT2D eigenvalue weighted by molar-refractivity contribution is 7.80. The lowest BCUT2D eigenvalue weighted by atomic mass is 10.0. The number of urea groups is 1. The number of nitrogens with zero attached hydrogens (tertiary/aromatic N) is 3. The van der Waals surface area contributed by atoms with Crippen molar-refractivity contribution < 1.29 is 41.5 Å². The van der Waals surface area contributed by atoms with Crippen molar-refractivity contribution in [2.24, 2.45) is 0 Å². The monoisotopic (exact) mass is 437 g/mol. The number of hydrogen-bond acceptors (Lipinski definition) is 7. The number of piperidine rings is 1. The van der Waals surface area contributed by atoms with Gasteiger partial charge in [0.2, 0.25) is 0 Å². The van der Waals surface area contributed by atoms with Gasteiger partial charge in [0.25, 0.3) is 11.8 Å². The Labute approximate surface area is 166 Å². The molecule has 2 rings (SSSR count). The summed E-state index contributed by atoms with van der Waals surface area (Å²) in [6.07, 6.45) is -0.924. The van der Waals surface area contributed by atoms with E-state index in [1.807, 2.05) is 0 Å². The number of rotatable bonds is 5. The number of amides is 5. The van der Waals surface area contributed by atoms with Gasteiger partial charge in [-0.3, -0.25) is 29.9 Å². The van der Waals surface area contributed by atoms with Gasteiger partial charge >= 0.3 is 22.5 Å². The van der Waals surface area contributed by atoms with Crippen molar-refractivity contribution in [3.05, 3.63) is 0 Å². The Kier molecular flexibility index (Phi) is 6.24. The van der Waals surface area contributed by atoms with Crippen molar-refractivity contribution in [3.8, 4) is 0 Å². The summed E-state index contributed by atoms with van der Waals surface area (Å²) in [5.41, 5.74) is 3.39. The SMILES string of the molecule is CC(C)(C)N(CC(=O)NNC(=O)[C@@H]1CC[C@@H]2CN1C(=O)N2OS(=O)(=O)O)C(=O)O. The summed E-state index contributed by atoms with van der Waals surface area (Å²) in [4.78, 5) is 49.8. The summed E-state index contributed by atoms with van der Waals surface area (Å²) in [5.74, 6) is -1.52. The number of hydrogen-bond donors (Lipinski definition) is 4. The van der Waals surface area contributed by atoms with Gasteiger partial charge in [0.1, 0.15) is 12.6 Å². The number of carboxylic acid groups (broad SMARTS) is 1. The summed E-state index contributed by atoms with van der Waals surface area (Å²) < 4.78 is 34.8. The van der Waals surface area contributed by atoms with Crippen LogP contribution in [0.2, 0.25) is 0 Å². The van der Waals surface area contributed by atoms with Crippen molar-refractivity contribution in [2.75, 3.05) is 13.1 Å². The maximum Gasteiger partial charge on any atom is 0.418 e. The third-order valence-electron chi connectivity index (χ3n) is 4.47. The van der Waals surface area contributed by atoms with Crippen LogP contribution in [0.1, 0.15) is 33.6 Å². The van der Waals surface area contributed by atoms with Crippen molar-refractivity contribution in [1.29, 1.82) is 0 Å². The Morgan fingerprint density at radius 2 is 1.86 bits per heavy atom. The molecule has 2 atom stereocenters. The van der Waals surface area contributed by atoms with E-state index in [1.54, 1.807) is 20.8 Å². The van der Waals surface area contributed by atoms with E-state index in [-0.39, 0.29) is 19.4 Å². The van der Waals surface area contributed by atoms with Crippen molar-refractivity contribution in [1.82, 2.24) is 25.7 Å². The van der Waals surface area contributed by atoms with E-state index in [4.69, 9.17) is 4.55 Å². The summed E-state index contributed by atoms with van der Waals surface area (Å²) in [6.45, 7) is 4.28. The molecule has 29 heavy (non-hydrogen) atoms. The zero-order chi connectivity index (χ0) is 22.1. The molecular formula is C14H23N5O9S. The minimum atomic E-state index is -4.90. The molecule has 2 aliphatic rings. The minimum Gasteiger partial charge on any atom is -0.465 e. The van der Waals surface area contributed by atoms with Gasteiger partial charge in [-0.15, -0.1) is 4.28 Å². The van der Waals surface area contributed by atoms with Crippen molar-refractivity contribution in [3.63, 3.8) is 0 Å². The van der Waals surface area contributed by atoms with E-state index in [0.29, 0.717) is 5.06 Å². The van der Waals surface area contributed by atoms with Crippen LogP contribution in [0, 0.1) is 0 Å². The highest BCUT2D eigenvalue weighted by atomic mass is 32.3. The summed E-state index contributed by atoms with van der Waals surface area (Å²) >= 11 is 0. The van der Waals surface area contributed by atoms with Gasteiger partial charge in [-0.2, -0.15) is 13.5 Å². The van der Waals surface area contributed by atoms with Crippen LogP contribution in [0.3, 0.4) is 0 Å². The summed E-state index contributed by atoms with van der Waals surface area (Å²) in [5, 5.41) is 9.68. The van der Waals surface area contributed by atoms with E-state index >= 15 is 0 Å². The number of nitrogens with one attached hydrogen (secondary N) is 2. The molecule has 0 radical (unpaired) electrons. The van der Waals surface area contributed by atoms with Crippen LogP contribution in [0.5, 0.6) is 0 Å². The molecule has 164 valence electrons. The first-order valence-electron chi connectivity index (χ1n) is 8.57. The van der Waals surface area contributed by atoms with Gasteiger partial charge in [-0.25, -0.2) is 9.59 Å². The molecule has 2 aliphatic heterocycles. The molecule has 0 aromatic rings. The molecule has 2 fully saturated rings. The molecule has 0 spiro atoms. The average molecular weight is 437 g/mol. The van der Waals surface area contributed by atoms with Crippen LogP contribution in [0.4, 0.5) is 9.59 Å². The number of carbonyl (C=O) groups excluding carboxylic acids is 3. The molecule has 5 amide bonds. The number of hydroxylamine groups is 2. The van der Waals surface area contributed by atoms with Gasteiger partial charge in [0.05, 0.1) is 6.04 Å². The Morgan fingerprint density at radius 3 is 2.38 bits per heavy atom. The van der Waals surface area contributed by atoms with Crippen LogP contribution < -0.4 is 10.9 Å². The fraction of sp³-hybridized carbons (Fsp3) is 0.714. The van der Waals surface area contributed by atoms with Gasteiger partial charge in [0, 0.05) is 12.1 Å². The summed E-state index contributed by atoms with van der Waals surface area (Å²) in [7, 11) is -4.90. The van der Waals surface area contributed by atoms with Crippen LogP contribution in [0.25, 0.3) is 0 Å². The topological polar surface area (TPSA) is 186 Å². The number of fused-ring (bicyclic) bond motifs is 2. The molecule has 4 N–H and O–H groups in total. The molecule has 2 saturated heterocycles. The molecule has 2 heterocycles. The fourth-order valence-corrected chi connectivity index (χ4v) is 3.48. The molecular weight excluding hydrogens is 414 g/mol. The Balaban J connectivity index is 1.94. The first kappa shape index (κ1) is 22.6. The zero-order valence-corrected chi connectivity index (χ0v) is 16.8. The van der Waals surface area contributed by atoms with E-state index in [1.165, 1.54) is 0 Å². The lowest BCUT2D eigenvalue weighted by molar-refractivity contribution is -0.132. The first-order valence-corrected chi connectivity index (χ1v) is 9.93. The molecule has 0 saturated carbocycles. The van der Waals surface area contributed by atoms with Gasteiger partial charge in [0.15, 0.2) is 0 Å². The van der Waals surface area contributed by atoms with Crippen LogP contribution in [0.15, 0.2) is 0 Å². The largest absolute Gasteiger partial charge is 0.465 e. The van der Waals surface area contributed by atoms with Gasteiger partial charge in [-0.05, 0) is 33.6 Å². The fourth-order valence-electron chi connectivity index (χ4n) is 3.09. The predicted octanol–water partition coefficient (Wildman–Crippen LogP) is -1.08. The average Bonchev–Trinajstić information content (AvgIpc) is 2.80. The number of hydrazine groups is 1. The second-order valence-corrected chi connectivity index (χ2v) is 8.59. The summed E-state index contributed by atoms with van der Waals surface area (Å²) in [6, 6.07) is -2.58. The second-order valence-electron chi connectivity index (χ2n) is 7.59. The van der Waals surface area contributed by atoms with E-state index in [0.717, 1.165) is 9.80 Å². The smallest absolute Gasteiger partial charge is 0.418 e. The molecule has 14 nitrogen and oxygen atoms in total. The highest BCUT2D eigenvalue weighted by Crippen LogP contribution is 2.30. The predicted molar refractivity (Wildman–Crippen MR) is 94.2 cm³/mol. The van der Waals surface area contributed by atoms with Crippen LogP contribution in [-0.2, 0) is 24.3 Å². The van der Waals surface area contributed by atoms with E-state index < -0.39 is 58.5 Å². The number of carbonyl (C=O) groups is 4. The molecule has 15 heteroatoms. The van der Waals surface area contributed by atoms with Gasteiger partial charge < -0.3 is 10.0 Å². The van der Waals surface area contributed by atoms with Crippen LogP contribution in [-0.4, -0.2) is 87.6 Å². The Hall–Kier alpha value is -2.65.